The largest absolute Gasteiger partial charge is 0.387 e. The average molecular weight is 313 g/mol. The molecule has 1 heterocycles. The second-order valence-electron chi connectivity index (χ2n) is 6.27. The van der Waals surface area contributed by atoms with E-state index in [0.717, 1.165) is 31.4 Å². The van der Waals surface area contributed by atoms with E-state index in [4.69, 9.17) is 0 Å². The van der Waals surface area contributed by atoms with Gasteiger partial charge in [0, 0.05) is 19.2 Å². The van der Waals surface area contributed by atoms with Crippen molar-refractivity contribution in [2.75, 3.05) is 0 Å². The number of rotatable bonds is 8. The summed E-state index contributed by atoms with van der Waals surface area (Å²) in [5, 5.41) is 10.1. The van der Waals surface area contributed by atoms with Crippen molar-refractivity contribution in [3.63, 3.8) is 0 Å². The molecule has 23 heavy (non-hydrogen) atoms. The predicted octanol–water partition coefficient (Wildman–Crippen LogP) is 4.37. The third kappa shape index (κ3) is 4.55. The summed E-state index contributed by atoms with van der Waals surface area (Å²) in [5.41, 5.74) is 4.05. The number of aromatic nitrogens is 1. The lowest BCUT2D eigenvalue weighted by Crippen LogP contribution is -2.10. The lowest BCUT2D eigenvalue weighted by Gasteiger charge is -2.12. The number of carbonyl (C=O) groups excluding carboxylic acids is 1. The van der Waals surface area contributed by atoms with E-state index in [1.165, 1.54) is 11.1 Å². The molecule has 3 heteroatoms. The molecule has 0 spiro atoms. The van der Waals surface area contributed by atoms with E-state index in [1.807, 2.05) is 30.7 Å². The molecule has 124 valence electrons. The Bertz CT molecular complexity index is 640. The number of Topliss-reactive ketones (excluding diaryl/α,β-unsaturated/α-hetero) is 1. The van der Waals surface area contributed by atoms with Crippen LogP contribution < -0.4 is 0 Å². The van der Waals surface area contributed by atoms with E-state index in [9.17, 15) is 9.90 Å². The second-order valence-corrected chi connectivity index (χ2v) is 6.27. The Morgan fingerprint density at radius 2 is 1.87 bits per heavy atom. The van der Waals surface area contributed by atoms with E-state index in [1.54, 1.807) is 0 Å². The summed E-state index contributed by atoms with van der Waals surface area (Å²) in [5.74, 6) is 0.148. The fourth-order valence-electron chi connectivity index (χ4n) is 2.90. The number of ketones is 1. The van der Waals surface area contributed by atoms with Crippen LogP contribution in [0.2, 0.25) is 0 Å². The molecule has 1 N–H and O–H groups in total. The van der Waals surface area contributed by atoms with Crippen LogP contribution in [0.15, 0.2) is 36.4 Å². The van der Waals surface area contributed by atoms with Crippen molar-refractivity contribution in [3.8, 4) is 0 Å². The first-order chi connectivity index (χ1) is 11.0. The van der Waals surface area contributed by atoms with Gasteiger partial charge in [0.05, 0.1) is 11.8 Å². The third-order valence-corrected chi connectivity index (χ3v) is 4.34. The highest BCUT2D eigenvalue weighted by Gasteiger charge is 2.16. The smallest absolute Gasteiger partial charge is 0.179 e. The molecule has 2 rings (SSSR count). The Balaban J connectivity index is 1.92. The number of nitrogens with zero attached hydrogens (tertiary/aromatic N) is 1. The molecule has 0 aliphatic rings. The van der Waals surface area contributed by atoms with Gasteiger partial charge in [0.2, 0.25) is 0 Å². The lowest BCUT2D eigenvalue weighted by atomic mass is 10.0. The van der Waals surface area contributed by atoms with Crippen molar-refractivity contribution in [2.24, 2.45) is 7.05 Å². The summed E-state index contributed by atoms with van der Waals surface area (Å²) in [6, 6.07) is 12.2. The molecule has 0 bridgehead atoms. The summed E-state index contributed by atoms with van der Waals surface area (Å²) in [6.07, 6.45) is 3.46. The van der Waals surface area contributed by atoms with E-state index in [0.29, 0.717) is 12.1 Å². The van der Waals surface area contributed by atoms with Crippen molar-refractivity contribution >= 4 is 5.78 Å². The van der Waals surface area contributed by atoms with Gasteiger partial charge < -0.3 is 9.67 Å². The maximum Gasteiger partial charge on any atom is 0.179 e. The molecule has 1 aromatic heterocycles. The molecule has 0 fully saturated rings. The molecule has 0 saturated heterocycles. The standard InChI is InChI=1S/C20H27NO2/c1-4-6-19(22)17-13-14-18(21(17)3)20(23)8-5-7-16-11-9-15(2)10-12-16/h9-14,19,22H,4-8H2,1-3H3. The summed E-state index contributed by atoms with van der Waals surface area (Å²) in [7, 11) is 1.86. The molecule has 0 amide bonds. The Morgan fingerprint density at radius 1 is 1.17 bits per heavy atom. The van der Waals surface area contributed by atoms with Crippen LogP contribution in [0.1, 0.15) is 66.0 Å². The number of aliphatic hydroxyl groups excluding tert-OH is 1. The van der Waals surface area contributed by atoms with E-state index in [2.05, 4.69) is 31.2 Å². The molecule has 2 aromatic rings. The van der Waals surface area contributed by atoms with Gasteiger partial charge in [-0.3, -0.25) is 4.79 Å². The molecule has 1 aromatic carbocycles. The quantitative estimate of drug-likeness (QED) is 0.735. The fraction of sp³-hybridized carbons (Fsp3) is 0.450. The van der Waals surface area contributed by atoms with Crippen molar-refractivity contribution in [1.82, 2.24) is 4.57 Å². The minimum Gasteiger partial charge on any atom is -0.387 e. The van der Waals surface area contributed by atoms with Crippen molar-refractivity contribution in [1.29, 1.82) is 0 Å². The average Bonchev–Trinajstić information content (AvgIpc) is 2.91. The topological polar surface area (TPSA) is 42.2 Å². The Morgan fingerprint density at radius 3 is 2.52 bits per heavy atom. The van der Waals surface area contributed by atoms with Crippen LogP contribution in [0.5, 0.6) is 0 Å². The summed E-state index contributed by atoms with van der Waals surface area (Å²) in [4.78, 5) is 12.4. The Labute approximate surface area is 139 Å². The fourth-order valence-corrected chi connectivity index (χ4v) is 2.90. The van der Waals surface area contributed by atoms with Gasteiger partial charge in [-0.2, -0.15) is 0 Å². The van der Waals surface area contributed by atoms with Crippen LogP contribution in [0.3, 0.4) is 0 Å². The first kappa shape index (κ1) is 17.5. The van der Waals surface area contributed by atoms with Crippen LogP contribution in [-0.4, -0.2) is 15.5 Å². The van der Waals surface area contributed by atoms with Gasteiger partial charge in [0.1, 0.15) is 0 Å². The van der Waals surface area contributed by atoms with Crippen LogP contribution in [0.25, 0.3) is 0 Å². The molecule has 3 nitrogen and oxygen atoms in total. The molecule has 0 radical (unpaired) electrons. The Hall–Kier alpha value is -1.87. The molecule has 0 saturated carbocycles. The van der Waals surface area contributed by atoms with E-state index < -0.39 is 6.10 Å². The molecule has 1 atom stereocenters. The van der Waals surface area contributed by atoms with Gasteiger partial charge in [0.15, 0.2) is 5.78 Å². The van der Waals surface area contributed by atoms with E-state index >= 15 is 0 Å². The zero-order valence-electron chi connectivity index (χ0n) is 14.4. The maximum absolute atomic E-state index is 12.4. The molecular weight excluding hydrogens is 286 g/mol. The highest BCUT2D eigenvalue weighted by atomic mass is 16.3. The normalized spacial score (nSPS) is 12.3. The first-order valence-electron chi connectivity index (χ1n) is 8.45. The number of carbonyl (C=O) groups is 1. The summed E-state index contributed by atoms with van der Waals surface area (Å²) >= 11 is 0. The number of benzene rings is 1. The van der Waals surface area contributed by atoms with Crippen LogP contribution >= 0.6 is 0 Å². The molecule has 0 aliphatic carbocycles. The minimum atomic E-state index is -0.487. The SMILES string of the molecule is CCCC(O)c1ccc(C(=O)CCCc2ccc(C)cc2)n1C. The van der Waals surface area contributed by atoms with Gasteiger partial charge in [-0.1, -0.05) is 43.2 Å². The van der Waals surface area contributed by atoms with Gasteiger partial charge >= 0.3 is 0 Å². The minimum absolute atomic E-state index is 0.148. The predicted molar refractivity (Wildman–Crippen MR) is 93.7 cm³/mol. The highest BCUT2D eigenvalue weighted by molar-refractivity contribution is 5.94. The van der Waals surface area contributed by atoms with Crippen LogP contribution in [-0.2, 0) is 13.5 Å². The molecular formula is C20H27NO2. The highest BCUT2D eigenvalue weighted by Crippen LogP contribution is 2.21. The maximum atomic E-state index is 12.4. The van der Waals surface area contributed by atoms with E-state index in [-0.39, 0.29) is 5.78 Å². The van der Waals surface area contributed by atoms with Crippen molar-refractivity contribution < 1.29 is 9.90 Å². The second kappa shape index (κ2) is 8.11. The summed E-state index contributed by atoms with van der Waals surface area (Å²) in [6.45, 7) is 4.12. The zero-order valence-corrected chi connectivity index (χ0v) is 14.4. The summed E-state index contributed by atoms with van der Waals surface area (Å²) < 4.78 is 1.84. The van der Waals surface area contributed by atoms with Gasteiger partial charge in [0.25, 0.3) is 0 Å². The Kier molecular flexibility index (Phi) is 6.17. The van der Waals surface area contributed by atoms with Gasteiger partial charge in [-0.25, -0.2) is 0 Å². The molecule has 0 aliphatic heterocycles. The van der Waals surface area contributed by atoms with Crippen LogP contribution in [0.4, 0.5) is 0 Å². The van der Waals surface area contributed by atoms with Crippen LogP contribution in [0, 0.1) is 6.92 Å². The van der Waals surface area contributed by atoms with Gasteiger partial charge in [-0.05, 0) is 43.9 Å². The van der Waals surface area contributed by atoms with Gasteiger partial charge in [-0.15, -0.1) is 0 Å². The third-order valence-electron chi connectivity index (χ3n) is 4.34. The lowest BCUT2D eigenvalue weighted by molar-refractivity contribution is 0.0970. The van der Waals surface area contributed by atoms with Crippen molar-refractivity contribution in [2.45, 2.75) is 52.1 Å². The first-order valence-corrected chi connectivity index (χ1v) is 8.45. The number of aliphatic hydroxyl groups is 1. The van der Waals surface area contributed by atoms with Crippen molar-refractivity contribution in [3.05, 3.63) is 58.9 Å². The zero-order chi connectivity index (χ0) is 16.8. The molecule has 1 unspecified atom stereocenters. The number of hydrogen-bond donors (Lipinski definition) is 1. The monoisotopic (exact) mass is 313 g/mol. The number of aryl methyl sites for hydroxylation is 2. The number of hydrogen-bond acceptors (Lipinski definition) is 2.